The molecule has 0 unspecified atom stereocenters. The van der Waals surface area contributed by atoms with Gasteiger partial charge in [0.05, 0.1) is 6.61 Å². The lowest BCUT2D eigenvalue weighted by molar-refractivity contribution is 0.270. The molecule has 2 heteroatoms. The van der Waals surface area contributed by atoms with E-state index in [4.69, 9.17) is 4.74 Å². The Morgan fingerprint density at radius 1 is 1.50 bits per heavy atom. The Hall–Kier alpha value is -0.500. The predicted octanol–water partition coefficient (Wildman–Crippen LogP) is 3.28. The van der Waals surface area contributed by atoms with E-state index in [0.717, 1.165) is 16.8 Å². The summed E-state index contributed by atoms with van der Waals surface area (Å²) in [5.41, 5.74) is 0. The van der Waals surface area contributed by atoms with Gasteiger partial charge in [0.25, 0.3) is 0 Å². The minimum Gasteiger partial charge on any atom is -0.493 e. The highest BCUT2D eigenvalue weighted by atomic mass is 79.9. The molecule has 0 saturated heterocycles. The van der Waals surface area contributed by atoms with Crippen molar-refractivity contribution in [1.29, 1.82) is 0 Å². The molecule has 1 nitrogen and oxygen atoms in total. The van der Waals surface area contributed by atoms with Gasteiger partial charge in [-0.2, -0.15) is 0 Å². The molecule has 1 rings (SSSR count). The van der Waals surface area contributed by atoms with Crippen molar-refractivity contribution in [3.05, 3.63) is 28.7 Å². The quantitative estimate of drug-likeness (QED) is 0.771. The molecule has 65 valence electrons. The Morgan fingerprint density at radius 2 is 2.25 bits per heavy atom. The smallest absolute Gasteiger partial charge is 0.127 e. The zero-order valence-electron chi connectivity index (χ0n) is 7.30. The number of ether oxygens (including phenoxy) is 1. The van der Waals surface area contributed by atoms with E-state index < -0.39 is 0 Å². The molecule has 0 N–H and O–H groups in total. The lowest BCUT2D eigenvalue weighted by atomic mass is 10.2. The minimum atomic E-state index is 0.557. The highest BCUT2D eigenvalue weighted by molar-refractivity contribution is 9.10. The van der Waals surface area contributed by atoms with Crippen LogP contribution in [0.2, 0.25) is 0 Å². The molecule has 0 saturated carbocycles. The van der Waals surface area contributed by atoms with Crippen LogP contribution >= 0.6 is 15.9 Å². The van der Waals surface area contributed by atoms with Crippen LogP contribution in [0.4, 0.5) is 0 Å². The highest BCUT2D eigenvalue weighted by Gasteiger charge is 1.96. The van der Waals surface area contributed by atoms with Crippen LogP contribution in [0.3, 0.4) is 0 Å². The first kappa shape index (κ1) is 9.59. The molecule has 0 aromatic heterocycles. The second-order valence-corrected chi connectivity index (χ2v) is 3.99. The van der Waals surface area contributed by atoms with Crippen molar-refractivity contribution in [3.63, 3.8) is 0 Å². The molecule has 0 aliphatic heterocycles. The Morgan fingerprint density at radius 3 is 2.75 bits per heavy atom. The fourth-order valence-corrected chi connectivity index (χ4v) is 0.984. The molecule has 0 atom stereocenters. The van der Waals surface area contributed by atoms with Crippen LogP contribution in [0.1, 0.15) is 13.8 Å². The minimum absolute atomic E-state index is 0.557. The molecule has 1 aromatic rings. The normalized spacial score (nSPS) is 10.3. The second kappa shape index (κ2) is 4.51. The molecule has 0 bridgehead atoms. The first-order valence-corrected chi connectivity index (χ1v) is 4.78. The zero-order chi connectivity index (χ0) is 8.97. The van der Waals surface area contributed by atoms with Crippen LogP contribution < -0.4 is 4.74 Å². The summed E-state index contributed by atoms with van der Waals surface area (Å²) in [7, 11) is 0. The molecule has 0 amide bonds. The maximum Gasteiger partial charge on any atom is 0.127 e. The Balaban J connectivity index is 2.48. The van der Waals surface area contributed by atoms with Gasteiger partial charge in [0.1, 0.15) is 5.75 Å². The van der Waals surface area contributed by atoms with Crippen molar-refractivity contribution in [3.8, 4) is 5.75 Å². The summed E-state index contributed by atoms with van der Waals surface area (Å²) in [6.07, 6.45) is 0. The van der Waals surface area contributed by atoms with Crippen LogP contribution in [0.5, 0.6) is 5.75 Å². The summed E-state index contributed by atoms with van der Waals surface area (Å²) in [5.74, 6) is 1.37. The Bertz CT molecular complexity index is 228. The summed E-state index contributed by atoms with van der Waals surface area (Å²) in [6.45, 7) is 5.00. The van der Waals surface area contributed by atoms with Gasteiger partial charge in [-0.3, -0.25) is 0 Å². The molecule has 0 fully saturated rings. The number of rotatable bonds is 3. The zero-order valence-corrected chi connectivity index (χ0v) is 8.89. The third kappa shape index (κ3) is 3.26. The summed E-state index contributed by atoms with van der Waals surface area (Å²) < 4.78 is 6.47. The van der Waals surface area contributed by atoms with E-state index in [2.05, 4.69) is 35.8 Å². The third-order valence-corrected chi connectivity index (χ3v) is 1.81. The third-order valence-electron chi connectivity index (χ3n) is 1.32. The molecule has 1 aromatic carbocycles. The van der Waals surface area contributed by atoms with Crippen molar-refractivity contribution in [2.24, 2.45) is 5.92 Å². The molecule has 1 radical (unpaired) electrons. The van der Waals surface area contributed by atoms with Crippen LogP contribution in [0.15, 0.2) is 22.7 Å². The average molecular weight is 228 g/mol. The lowest BCUT2D eigenvalue weighted by Crippen LogP contribution is -2.04. The van der Waals surface area contributed by atoms with Gasteiger partial charge in [-0.1, -0.05) is 29.8 Å². The molecule has 12 heavy (non-hydrogen) atoms. The molecule has 0 heterocycles. The van der Waals surface area contributed by atoms with Crippen molar-refractivity contribution in [1.82, 2.24) is 0 Å². The highest BCUT2D eigenvalue weighted by Crippen LogP contribution is 2.15. The lowest BCUT2D eigenvalue weighted by Gasteiger charge is -2.07. The van der Waals surface area contributed by atoms with Crippen LogP contribution in [-0.2, 0) is 0 Å². The van der Waals surface area contributed by atoms with Crippen LogP contribution in [0.25, 0.3) is 0 Å². The average Bonchev–Trinajstić information content (AvgIpc) is 2.03. The van der Waals surface area contributed by atoms with Crippen LogP contribution in [-0.4, -0.2) is 6.61 Å². The number of halogens is 1. The fourth-order valence-electron chi connectivity index (χ4n) is 0.738. The number of benzene rings is 1. The van der Waals surface area contributed by atoms with E-state index in [0.29, 0.717) is 5.92 Å². The Kier molecular flexibility index (Phi) is 3.60. The fraction of sp³-hybridized carbons (Fsp3) is 0.400. The van der Waals surface area contributed by atoms with Gasteiger partial charge >= 0.3 is 0 Å². The largest absolute Gasteiger partial charge is 0.493 e. The summed E-state index contributed by atoms with van der Waals surface area (Å²) in [6, 6.07) is 8.74. The standard InChI is InChI=1S/C10H12BrO/c1-8(2)7-12-10-5-3-9(11)4-6-10/h3-5,8H,7H2,1-2H3. The van der Waals surface area contributed by atoms with E-state index in [1.165, 1.54) is 0 Å². The predicted molar refractivity (Wildman–Crippen MR) is 53.3 cm³/mol. The maximum absolute atomic E-state index is 5.45. The molecular weight excluding hydrogens is 216 g/mol. The van der Waals surface area contributed by atoms with Crippen molar-refractivity contribution in [2.75, 3.05) is 6.61 Å². The SMILES string of the molecule is CC(C)COc1[c]cc(Br)cc1. The van der Waals surface area contributed by atoms with Gasteiger partial charge in [0.2, 0.25) is 0 Å². The van der Waals surface area contributed by atoms with Gasteiger partial charge in [-0.15, -0.1) is 0 Å². The van der Waals surface area contributed by atoms with Crippen molar-refractivity contribution >= 4 is 15.9 Å². The van der Waals surface area contributed by atoms with Crippen molar-refractivity contribution < 1.29 is 4.74 Å². The van der Waals surface area contributed by atoms with E-state index in [1.54, 1.807) is 0 Å². The van der Waals surface area contributed by atoms with E-state index >= 15 is 0 Å². The summed E-state index contributed by atoms with van der Waals surface area (Å²) in [5, 5.41) is 0. The van der Waals surface area contributed by atoms with Gasteiger partial charge < -0.3 is 4.74 Å². The second-order valence-electron chi connectivity index (χ2n) is 3.08. The van der Waals surface area contributed by atoms with Crippen LogP contribution in [0, 0.1) is 12.0 Å². The van der Waals surface area contributed by atoms with E-state index in [9.17, 15) is 0 Å². The maximum atomic E-state index is 5.45. The molecule has 0 aliphatic rings. The molecule has 0 aliphatic carbocycles. The monoisotopic (exact) mass is 227 g/mol. The first-order chi connectivity index (χ1) is 5.68. The number of hydrogen-bond donors (Lipinski definition) is 0. The van der Waals surface area contributed by atoms with Gasteiger partial charge in [-0.05, 0) is 24.1 Å². The molecule has 0 spiro atoms. The van der Waals surface area contributed by atoms with Gasteiger partial charge in [-0.25, -0.2) is 0 Å². The van der Waals surface area contributed by atoms with Gasteiger partial charge in [0, 0.05) is 10.5 Å². The van der Waals surface area contributed by atoms with Crippen molar-refractivity contribution in [2.45, 2.75) is 13.8 Å². The summed E-state index contributed by atoms with van der Waals surface area (Å²) >= 11 is 3.34. The first-order valence-electron chi connectivity index (χ1n) is 3.98. The number of hydrogen-bond acceptors (Lipinski definition) is 1. The topological polar surface area (TPSA) is 9.23 Å². The van der Waals surface area contributed by atoms with E-state index in [-0.39, 0.29) is 0 Å². The molecular formula is C10H12BrO. The van der Waals surface area contributed by atoms with Gasteiger partial charge in [0.15, 0.2) is 0 Å². The Labute approximate surface area is 81.9 Å². The van der Waals surface area contributed by atoms with E-state index in [1.807, 2.05) is 18.2 Å². The summed E-state index contributed by atoms with van der Waals surface area (Å²) in [4.78, 5) is 0.